The van der Waals surface area contributed by atoms with E-state index in [4.69, 9.17) is 9.47 Å². The van der Waals surface area contributed by atoms with Crippen LogP contribution in [0.5, 0.6) is 23.1 Å². The van der Waals surface area contributed by atoms with E-state index in [0.717, 1.165) is 46.8 Å². The number of nitrogens with zero attached hydrogens (tertiary/aromatic N) is 2. The standard InChI is InChI=1S/C23H18N2O4S/c26-23-14-22(30(27)25-23)15-4-6-16(7-5-15)28-21-9-8-19-18(21)2-1-3-20(19)29-17-10-12-24-13-11-17/h1-7,10-14,21H,8-9H2,(H,25,26). The van der Waals surface area contributed by atoms with E-state index in [2.05, 4.69) is 15.4 Å². The highest BCUT2D eigenvalue weighted by atomic mass is 32.2. The molecule has 2 atom stereocenters. The summed E-state index contributed by atoms with van der Waals surface area (Å²) in [6.45, 7) is 0. The first-order valence-electron chi connectivity index (χ1n) is 9.55. The van der Waals surface area contributed by atoms with Crippen LogP contribution in [0.1, 0.15) is 23.7 Å². The molecular formula is C23H18N2O4S. The summed E-state index contributed by atoms with van der Waals surface area (Å²) in [6.07, 6.45) is 5.10. The topological polar surface area (TPSA) is 87.5 Å². The minimum absolute atomic E-state index is 0.0564. The van der Waals surface area contributed by atoms with Gasteiger partial charge in [0.05, 0.1) is 17.0 Å². The van der Waals surface area contributed by atoms with Gasteiger partial charge in [-0.25, -0.2) is 0 Å². The molecule has 0 bridgehead atoms. The van der Waals surface area contributed by atoms with Gasteiger partial charge in [-0.2, -0.15) is 0 Å². The molecule has 0 aliphatic heterocycles. The first-order chi connectivity index (χ1) is 14.7. The highest BCUT2D eigenvalue weighted by molar-refractivity contribution is 7.23. The Morgan fingerprint density at radius 3 is 2.53 bits per heavy atom. The van der Waals surface area contributed by atoms with Crippen molar-refractivity contribution in [2.45, 2.75) is 18.9 Å². The summed E-state index contributed by atoms with van der Waals surface area (Å²) in [5.74, 6) is 2.12. The molecule has 150 valence electrons. The second-order valence-electron chi connectivity index (χ2n) is 6.99. The maximum absolute atomic E-state index is 11.9. The summed E-state index contributed by atoms with van der Waals surface area (Å²) in [6, 6.07) is 18.5. The second kappa shape index (κ2) is 7.78. The lowest BCUT2D eigenvalue weighted by atomic mass is 10.1. The lowest BCUT2D eigenvalue weighted by Crippen LogP contribution is -2.03. The van der Waals surface area contributed by atoms with Crippen LogP contribution in [0, 0.1) is 0 Å². The molecule has 30 heavy (non-hydrogen) atoms. The van der Waals surface area contributed by atoms with E-state index < -0.39 is 10.9 Å². The molecule has 0 spiro atoms. The van der Waals surface area contributed by atoms with Gasteiger partial charge >= 0.3 is 0 Å². The van der Waals surface area contributed by atoms with Gasteiger partial charge in [0, 0.05) is 27.9 Å². The van der Waals surface area contributed by atoms with Gasteiger partial charge < -0.3 is 19.1 Å². The van der Waals surface area contributed by atoms with E-state index in [-0.39, 0.29) is 12.0 Å². The van der Waals surface area contributed by atoms with Crippen LogP contribution in [0.4, 0.5) is 0 Å². The molecular weight excluding hydrogens is 400 g/mol. The molecule has 0 fully saturated rings. The number of aromatic nitrogens is 2. The highest BCUT2D eigenvalue weighted by Gasteiger charge is 2.27. The SMILES string of the molecule is [O-][s+]1nc(O)cc1-c1ccc(OC2CCc3c(Oc4ccncc4)cccc32)cc1. The normalized spacial score (nSPS) is 15.6. The van der Waals surface area contributed by atoms with Gasteiger partial charge in [-0.1, -0.05) is 12.1 Å². The zero-order chi connectivity index (χ0) is 20.5. The van der Waals surface area contributed by atoms with Gasteiger partial charge in [0.2, 0.25) is 4.88 Å². The van der Waals surface area contributed by atoms with Crippen LogP contribution < -0.4 is 9.47 Å². The molecule has 2 heterocycles. The number of fused-ring (bicyclic) bond motifs is 1. The van der Waals surface area contributed by atoms with Gasteiger partial charge in [0.15, 0.2) is 0 Å². The molecule has 7 heteroatoms. The smallest absolute Gasteiger partial charge is 0.270 e. The molecule has 1 aliphatic rings. The Balaban J connectivity index is 1.34. The third-order valence-corrected chi connectivity index (χ3v) is 6.17. The van der Waals surface area contributed by atoms with Crippen LogP contribution in [-0.4, -0.2) is 19.0 Å². The molecule has 0 saturated heterocycles. The predicted molar refractivity (Wildman–Crippen MR) is 112 cm³/mol. The largest absolute Gasteiger partial charge is 0.568 e. The van der Waals surface area contributed by atoms with Crippen molar-refractivity contribution >= 4 is 10.9 Å². The lowest BCUT2D eigenvalue weighted by Gasteiger charge is -2.16. The molecule has 6 nitrogen and oxygen atoms in total. The molecule has 4 aromatic rings. The molecule has 2 aromatic heterocycles. The van der Waals surface area contributed by atoms with Crippen LogP contribution in [0.15, 0.2) is 73.1 Å². The summed E-state index contributed by atoms with van der Waals surface area (Å²) in [4.78, 5) is 4.51. The molecule has 0 saturated carbocycles. The third kappa shape index (κ3) is 3.60. The summed E-state index contributed by atoms with van der Waals surface area (Å²) < 4.78 is 27.8. The van der Waals surface area contributed by atoms with E-state index in [1.54, 1.807) is 12.4 Å². The van der Waals surface area contributed by atoms with Crippen LogP contribution in [0.2, 0.25) is 0 Å². The Morgan fingerprint density at radius 2 is 1.80 bits per heavy atom. The third-order valence-electron chi connectivity index (χ3n) is 5.09. The van der Waals surface area contributed by atoms with Crippen molar-refractivity contribution in [2.24, 2.45) is 0 Å². The van der Waals surface area contributed by atoms with Crippen molar-refractivity contribution in [1.29, 1.82) is 0 Å². The van der Waals surface area contributed by atoms with Crippen molar-refractivity contribution in [2.75, 3.05) is 0 Å². The Labute approximate surface area is 176 Å². The molecule has 0 radical (unpaired) electrons. The van der Waals surface area contributed by atoms with Gasteiger partial charge in [-0.15, -0.1) is 0 Å². The fraction of sp³-hybridized carbons (Fsp3) is 0.130. The molecule has 2 unspecified atom stereocenters. The number of hydrogen-bond acceptors (Lipinski definition) is 6. The number of hydrogen-bond donors (Lipinski definition) is 1. The van der Waals surface area contributed by atoms with Crippen molar-refractivity contribution < 1.29 is 19.1 Å². The minimum atomic E-state index is -1.56. The molecule has 0 amide bonds. The Morgan fingerprint density at radius 1 is 1.00 bits per heavy atom. The Hall–Kier alpha value is -3.42. The number of rotatable bonds is 5. The van der Waals surface area contributed by atoms with E-state index >= 15 is 0 Å². The number of benzene rings is 2. The summed E-state index contributed by atoms with van der Waals surface area (Å²) in [5, 5.41) is 9.43. The van der Waals surface area contributed by atoms with Crippen LogP contribution in [0.25, 0.3) is 10.4 Å². The molecule has 5 rings (SSSR count). The van der Waals surface area contributed by atoms with Crippen LogP contribution in [0.3, 0.4) is 0 Å². The first-order valence-corrected chi connectivity index (χ1v) is 10.7. The number of pyridine rings is 1. The van der Waals surface area contributed by atoms with Crippen molar-refractivity contribution in [3.8, 4) is 33.6 Å². The summed E-state index contributed by atoms with van der Waals surface area (Å²) in [7, 11) is -1.56. The monoisotopic (exact) mass is 418 g/mol. The highest BCUT2D eigenvalue weighted by Crippen LogP contribution is 2.41. The average Bonchev–Trinajstić information content (AvgIpc) is 3.32. The van der Waals surface area contributed by atoms with E-state index in [1.165, 1.54) is 6.07 Å². The van der Waals surface area contributed by atoms with Gasteiger partial charge in [0.1, 0.15) is 23.4 Å². The maximum Gasteiger partial charge on any atom is 0.270 e. The predicted octanol–water partition coefficient (Wildman–Crippen LogP) is 5.44. The summed E-state index contributed by atoms with van der Waals surface area (Å²) in [5.41, 5.74) is 3.03. The van der Waals surface area contributed by atoms with Crippen LogP contribution >= 0.6 is 10.9 Å². The van der Waals surface area contributed by atoms with E-state index in [0.29, 0.717) is 4.88 Å². The van der Waals surface area contributed by atoms with Crippen molar-refractivity contribution in [3.63, 3.8) is 0 Å². The molecule has 1 aliphatic carbocycles. The Bertz CT molecular complexity index is 1180. The minimum Gasteiger partial charge on any atom is -0.568 e. The van der Waals surface area contributed by atoms with E-state index in [1.807, 2.05) is 48.5 Å². The first kappa shape index (κ1) is 18.6. The number of aromatic hydroxyl groups is 1. The fourth-order valence-corrected chi connectivity index (χ4v) is 4.57. The van der Waals surface area contributed by atoms with Gasteiger partial charge in [0.25, 0.3) is 5.88 Å². The number of ether oxygens (including phenoxy) is 2. The maximum atomic E-state index is 11.9. The quantitative estimate of drug-likeness (QED) is 0.435. The van der Waals surface area contributed by atoms with Crippen molar-refractivity contribution in [1.82, 2.24) is 9.36 Å². The molecule has 1 N–H and O–H groups in total. The van der Waals surface area contributed by atoms with Crippen LogP contribution in [-0.2, 0) is 6.42 Å². The zero-order valence-electron chi connectivity index (χ0n) is 15.9. The van der Waals surface area contributed by atoms with E-state index in [9.17, 15) is 9.66 Å². The van der Waals surface area contributed by atoms with Crippen molar-refractivity contribution in [3.05, 3.63) is 84.2 Å². The van der Waals surface area contributed by atoms with Gasteiger partial charge in [-0.3, -0.25) is 4.98 Å². The summed E-state index contributed by atoms with van der Waals surface area (Å²) >= 11 is 0. The average molecular weight is 418 g/mol. The molecule has 2 aromatic carbocycles. The second-order valence-corrected chi connectivity index (χ2v) is 8.11. The fourth-order valence-electron chi connectivity index (χ4n) is 3.71. The van der Waals surface area contributed by atoms with Gasteiger partial charge in [-0.05, 0) is 60.9 Å². The lowest BCUT2D eigenvalue weighted by molar-refractivity contribution is 0.207. The Kier molecular flexibility index (Phi) is 4.82. The zero-order valence-corrected chi connectivity index (χ0v) is 16.7.